The third-order valence-corrected chi connectivity index (χ3v) is 2.50. The fourth-order valence-electron chi connectivity index (χ4n) is 1.03. The lowest BCUT2D eigenvalue weighted by atomic mass is 10.2. The Kier molecular flexibility index (Phi) is 5.31. The van der Waals surface area contributed by atoms with Crippen LogP contribution in [0.5, 0.6) is 0 Å². The molecule has 2 N–H and O–H groups in total. The normalized spacial score (nSPS) is 9.44. The number of hydrogen-bond donors (Lipinski definition) is 2. The molecule has 0 aliphatic carbocycles. The highest BCUT2D eigenvalue weighted by atomic mass is 79.9. The molecule has 0 fully saturated rings. The van der Waals surface area contributed by atoms with Gasteiger partial charge in [-0.25, -0.2) is 4.79 Å². The van der Waals surface area contributed by atoms with Gasteiger partial charge in [0.25, 0.3) is 5.91 Å². The maximum atomic E-state index is 11.6. The van der Waals surface area contributed by atoms with Crippen molar-refractivity contribution in [3.63, 3.8) is 0 Å². The summed E-state index contributed by atoms with van der Waals surface area (Å²) in [6, 6.07) is 6.69. The van der Waals surface area contributed by atoms with Crippen LogP contribution in [0.3, 0.4) is 0 Å². The number of amides is 2. The van der Waals surface area contributed by atoms with Crippen LogP contribution < -0.4 is 10.9 Å². The summed E-state index contributed by atoms with van der Waals surface area (Å²) in [4.78, 5) is 33.3. The standard InChI is InChI=1S/C11H11BrN2O4/c1-7(15)13-14-10(16)6-18-11(17)8-4-2-3-5-9(8)12/h2-5H,6H2,1H3,(H,13,15)(H,14,16). The summed E-state index contributed by atoms with van der Waals surface area (Å²) < 4.78 is 5.35. The number of carbonyl (C=O) groups excluding carboxylic acids is 3. The van der Waals surface area contributed by atoms with Gasteiger partial charge in [0.2, 0.25) is 5.91 Å². The van der Waals surface area contributed by atoms with Crippen LogP contribution >= 0.6 is 15.9 Å². The van der Waals surface area contributed by atoms with E-state index in [2.05, 4.69) is 26.8 Å². The second-order valence-electron chi connectivity index (χ2n) is 3.29. The van der Waals surface area contributed by atoms with Crippen LogP contribution in [-0.2, 0) is 14.3 Å². The fraction of sp³-hybridized carbons (Fsp3) is 0.182. The van der Waals surface area contributed by atoms with Gasteiger partial charge in [-0.05, 0) is 28.1 Å². The highest BCUT2D eigenvalue weighted by molar-refractivity contribution is 9.10. The molecule has 18 heavy (non-hydrogen) atoms. The number of rotatable bonds is 3. The van der Waals surface area contributed by atoms with Gasteiger partial charge in [-0.2, -0.15) is 0 Å². The van der Waals surface area contributed by atoms with Crippen molar-refractivity contribution < 1.29 is 19.1 Å². The summed E-state index contributed by atoms with van der Waals surface area (Å²) in [5.74, 6) is -1.66. The topological polar surface area (TPSA) is 84.5 Å². The SMILES string of the molecule is CC(=O)NNC(=O)COC(=O)c1ccccc1Br. The van der Waals surface area contributed by atoms with Crippen molar-refractivity contribution in [2.75, 3.05) is 6.61 Å². The van der Waals surface area contributed by atoms with Gasteiger partial charge in [0, 0.05) is 11.4 Å². The average Bonchev–Trinajstić information content (AvgIpc) is 2.34. The molecule has 1 aromatic rings. The molecule has 6 nitrogen and oxygen atoms in total. The van der Waals surface area contributed by atoms with Gasteiger partial charge in [0.15, 0.2) is 6.61 Å². The molecule has 2 amide bonds. The van der Waals surface area contributed by atoms with Gasteiger partial charge in [-0.1, -0.05) is 12.1 Å². The van der Waals surface area contributed by atoms with Crippen LogP contribution in [0.2, 0.25) is 0 Å². The zero-order chi connectivity index (χ0) is 13.5. The van der Waals surface area contributed by atoms with Crippen LogP contribution in [0, 0.1) is 0 Å². The molecule has 0 aliphatic heterocycles. The van der Waals surface area contributed by atoms with Gasteiger partial charge in [0.05, 0.1) is 5.56 Å². The van der Waals surface area contributed by atoms with Crippen molar-refractivity contribution in [3.8, 4) is 0 Å². The van der Waals surface area contributed by atoms with E-state index in [-0.39, 0.29) is 0 Å². The molecule has 7 heteroatoms. The highest BCUT2D eigenvalue weighted by Gasteiger charge is 2.12. The zero-order valence-electron chi connectivity index (χ0n) is 9.53. The number of carbonyl (C=O) groups is 3. The largest absolute Gasteiger partial charge is 0.452 e. The fourth-order valence-corrected chi connectivity index (χ4v) is 1.48. The van der Waals surface area contributed by atoms with Gasteiger partial charge < -0.3 is 4.74 Å². The number of ether oxygens (including phenoxy) is 1. The maximum Gasteiger partial charge on any atom is 0.339 e. The number of benzene rings is 1. The molecule has 0 radical (unpaired) electrons. The van der Waals surface area contributed by atoms with Crippen molar-refractivity contribution in [3.05, 3.63) is 34.3 Å². The first-order valence-corrected chi connectivity index (χ1v) is 5.77. The first-order chi connectivity index (χ1) is 8.50. The van der Waals surface area contributed by atoms with Gasteiger partial charge >= 0.3 is 5.97 Å². The molecule has 0 bridgehead atoms. The minimum Gasteiger partial charge on any atom is -0.452 e. The Morgan fingerprint density at radius 1 is 1.22 bits per heavy atom. The molecule has 0 heterocycles. The van der Waals surface area contributed by atoms with E-state index in [4.69, 9.17) is 4.74 Å². The molecule has 96 valence electrons. The Morgan fingerprint density at radius 2 is 1.89 bits per heavy atom. The van der Waals surface area contributed by atoms with Crippen LogP contribution in [0.4, 0.5) is 0 Å². The van der Waals surface area contributed by atoms with E-state index in [1.54, 1.807) is 24.3 Å². The van der Waals surface area contributed by atoms with E-state index >= 15 is 0 Å². The predicted octanol–water partition coefficient (Wildman–Crippen LogP) is 0.773. The molecule has 0 saturated carbocycles. The third-order valence-electron chi connectivity index (χ3n) is 1.81. The average molecular weight is 315 g/mol. The first-order valence-electron chi connectivity index (χ1n) is 4.98. The number of esters is 1. The molecule has 0 saturated heterocycles. The van der Waals surface area contributed by atoms with E-state index in [1.165, 1.54) is 6.92 Å². The molecule has 0 unspecified atom stereocenters. The number of hydrazine groups is 1. The van der Waals surface area contributed by atoms with Crippen LogP contribution in [0.1, 0.15) is 17.3 Å². The quantitative estimate of drug-likeness (QED) is 0.637. The molecule has 0 atom stereocenters. The summed E-state index contributed by atoms with van der Waals surface area (Å²) in [7, 11) is 0. The summed E-state index contributed by atoms with van der Waals surface area (Å²) in [6.07, 6.45) is 0. The third kappa shape index (κ3) is 4.54. The van der Waals surface area contributed by atoms with Gasteiger partial charge in [0.1, 0.15) is 0 Å². The molecular formula is C11H11BrN2O4. The Balaban J connectivity index is 2.45. The van der Waals surface area contributed by atoms with Crippen LogP contribution in [0.25, 0.3) is 0 Å². The maximum absolute atomic E-state index is 11.6. The zero-order valence-corrected chi connectivity index (χ0v) is 11.1. The second-order valence-corrected chi connectivity index (χ2v) is 4.14. The van der Waals surface area contributed by atoms with E-state index in [0.717, 1.165) is 0 Å². The van der Waals surface area contributed by atoms with E-state index in [0.29, 0.717) is 10.0 Å². The monoisotopic (exact) mass is 314 g/mol. The smallest absolute Gasteiger partial charge is 0.339 e. The molecule has 0 aromatic heterocycles. The highest BCUT2D eigenvalue weighted by Crippen LogP contribution is 2.16. The molecule has 1 aromatic carbocycles. The lowest BCUT2D eigenvalue weighted by molar-refractivity contribution is -0.129. The van der Waals surface area contributed by atoms with Gasteiger partial charge in [-0.15, -0.1) is 0 Å². The Morgan fingerprint density at radius 3 is 2.50 bits per heavy atom. The minimum absolute atomic E-state index is 0.324. The van der Waals surface area contributed by atoms with Crippen molar-refractivity contribution in [1.82, 2.24) is 10.9 Å². The lowest BCUT2D eigenvalue weighted by Crippen LogP contribution is -2.42. The number of nitrogens with one attached hydrogen (secondary N) is 2. The van der Waals surface area contributed by atoms with Crippen molar-refractivity contribution in [2.24, 2.45) is 0 Å². The Labute approximate surface area is 112 Å². The molecule has 0 spiro atoms. The predicted molar refractivity (Wildman–Crippen MR) is 66.4 cm³/mol. The van der Waals surface area contributed by atoms with Crippen molar-refractivity contribution in [2.45, 2.75) is 6.92 Å². The van der Waals surface area contributed by atoms with Crippen LogP contribution in [-0.4, -0.2) is 24.4 Å². The van der Waals surface area contributed by atoms with Gasteiger partial charge in [-0.3, -0.25) is 20.4 Å². The van der Waals surface area contributed by atoms with Crippen molar-refractivity contribution >= 4 is 33.7 Å². The van der Waals surface area contributed by atoms with Crippen LogP contribution in [0.15, 0.2) is 28.7 Å². The van der Waals surface area contributed by atoms with E-state index < -0.39 is 24.4 Å². The van der Waals surface area contributed by atoms with Crippen molar-refractivity contribution in [1.29, 1.82) is 0 Å². The van der Waals surface area contributed by atoms with E-state index in [1.807, 2.05) is 0 Å². The molecular weight excluding hydrogens is 304 g/mol. The summed E-state index contributed by atoms with van der Waals surface area (Å²) >= 11 is 3.20. The molecule has 0 aliphatic rings. The molecule has 1 rings (SSSR count). The summed E-state index contributed by atoms with van der Waals surface area (Å²) in [5, 5.41) is 0. The minimum atomic E-state index is -0.625. The summed E-state index contributed by atoms with van der Waals surface area (Å²) in [5.41, 5.74) is 4.48. The number of halogens is 1. The Bertz CT molecular complexity index is 476. The van der Waals surface area contributed by atoms with E-state index in [9.17, 15) is 14.4 Å². The Hall–Kier alpha value is -1.89. The summed E-state index contributed by atoms with van der Waals surface area (Å²) in [6.45, 7) is 0.772. The first kappa shape index (κ1) is 14.2. The second kappa shape index (κ2) is 6.75. The lowest BCUT2D eigenvalue weighted by Gasteiger charge is -2.07. The number of hydrogen-bond acceptors (Lipinski definition) is 4.